The number of oxazole rings is 1. The molecule has 1 aliphatic carbocycles. The van der Waals surface area contributed by atoms with E-state index in [4.69, 9.17) is 14.3 Å². The second-order valence-electron chi connectivity index (χ2n) is 5.00. The summed E-state index contributed by atoms with van der Waals surface area (Å²) in [5.74, 6) is -0.343. The summed E-state index contributed by atoms with van der Waals surface area (Å²) in [5.41, 5.74) is 0.0568. The Kier molecular flexibility index (Phi) is 2.26. The van der Waals surface area contributed by atoms with Gasteiger partial charge in [0.15, 0.2) is 0 Å². The van der Waals surface area contributed by atoms with Gasteiger partial charge in [0, 0.05) is 12.5 Å². The van der Waals surface area contributed by atoms with E-state index in [1.165, 1.54) is 0 Å². The number of carboxylic acid groups (broad SMARTS) is 1. The lowest BCUT2D eigenvalue weighted by Crippen LogP contribution is -2.20. The molecule has 1 aromatic rings. The SMILES string of the molecule is CC1(c2nc(C3CC3)c(C(=O)O)o2)CCCO1. The number of nitrogens with zero attached hydrogens (tertiary/aromatic N) is 1. The van der Waals surface area contributed by atoms with Gasteiger partial charge in [-0.05, 0) is 32.6 Å². The first kappa shape index (κ1) is 10.8. The van der Waals surface area contributed by atoms with Crippen LogP contribution in [0.25, 0.3) is 0 Å². The number of hydrogen-bond acceptors (Lipinski definition) is 4. The molecule has 2 heterocycles. The lowest BCUT2D eigenvalue weighted by atomic mass is 10.0. The second-order valence-corrected chi connectivity index (χ2v) is 5.00. The van der Waals surface area contributed by atoms with Gasteiger partial charge in [0.05, 0.1) is 5.69 Å². The minimum atomic E-state index is -1.03. The van der Waals surface area contributed by atoms with Gasteiger partial charge in [0.2, 0.25) is 11.7 Å². The van der Waals surface area contributed by atoms with Crippen molar-refractivity contribution >= 4 is 5.97 Å². The van der Waals surface area contributed by atoms with Crippen molar-refractivity contribution in [2.45, 2.75) is 44.1 Å². The molecule has 0 radical (unpaired) electrons. The van der Waals surface area contributed by atoms with E-state index >= 15 is 0 Å². The second kappa shape index (κ2) is 3.57. The molecule has 1 saturated carbocycles. The predicted molar refractivity (Wildman–Crippen MR) is 58.0 cm³/mol. The zero-order valence-electron chi connectivity index (χ0n) is 9.73. The number of carbonyl (C=O) groups is 1. The van der Waals surface area contributed by atoms with Gasteiger partial charge in [-0.15, -0.1) is 0 Å². The van der Waals surface area contributed by atoms with Crippen LogP contribution in [-0.2, 0) is 10.3 Å². The Morgan fingerprint density at radius 1 is 1.53 bits per heavy atom. The Hall–Kier alpha value is -1.36. The number of aromatic nitrogens is 1. The Bertz CT molecular complexity index is 455. The largest absolute Gasteiger partial charge is 0.475 e. The number of carboxylic acids is 1. The molecule has 0 spiro atoms. The summed E-state index contributed by atoms with van der Waals surface area (Å²) in [6.07, 6.45) is 3.80. The minimum Gasteiger partial charge on any atom is -0.475 e. The first-order chi connectivity index (χ1) is 8.10. The molecule has 1 N–H and O–H groups in total. The molecule has 92 valence electrons. The van der Waals surface area contributed by atoms with Crippen LogP contribution in [-0.4, -0.2) is 22.7 Å². The summed E-state index contributed by atoms with van der Waals surface area (Å²) in [6, 6.07) is 0. The Morgan fingerprint density at radius 3 is 2.82 bits per heavy atom. The highest BCUT2D eigenvalue weighted by atomic mass is 16.5. The zero-order chi connectivity index (χ0) is 12.0. The zero-order valence-corrected chi connectivity index (χ0v) is 9.73. The van der Waals surface area contributed by atoms with E-state index in [1.54, 1.807) is 0 Å². The Morgan fingerprint density at radius 2 is 2.29 bits per heavy atom. The highest BCUT2D eigenvalue weighted by Crippen LogP contribution is 2.44. The monoisotopic (exact) mass is 237 g/mol. The molecule has 3 rings (SSSR count). The van der Waals surface area contributed by atoms with Crippen LogP contribution in [0.5, 0.6) is 0 Å². The maximum atomic E-state index is 11.1. The van der Waals surface area contributed by atoms with Crippen LogP contribution in [0.4, 0.5) is 0 Å². The van der Waals surface area contributed by atoms with Crippen LogP contribution >= 0.6 is 0 Å². The third-order valence-electron chi connectivity index (χ3n) is 3.48. The minimum absolute atomic E-state index is 0.000718. The molecular formula is C12H15NO4. The number of rotatable bonds is 3. The van der Waals surface area contributed by atoms with E-state index < -0.39 is 11.6 Å². The van der Waals surface area contributed by atoms with Crippen LogP contribution in [0, 0.1) is 0 Å². The van der Waals surface area contributed by atoms with Crippen molar-refractivity contribution in [2.24, 2.45) is 0 Å². The molecular weight excluding hydrogens is 222 g/mol. The summed E-state index contributed by atoms with van der Waals surface area (Å²) in [4.78, 5) is 15.5. The van der Waals surface area contributed by atoms with Gasteiger partial charge in [-0.2, -0.15) is 0 Å². The molecule has 0 amide bonds. The van der Waals surface area contributed by atoms with Crippen molar-refractivity contribution in [3.05, 3.63) is 17.3 Å². The van der Waals surface area contributed by atoms with Crippen LogP contribution in [0.1, 0.15) is 60.7 Å². The van der Waals surface area contributed by atoms with E-state index in [0.717, 1.165) is 25.7 Å². The molecule has 1 saturated heterocycles. The van der Waals surface area contributed by atoms with Crippen LogP contribution in [0.2, 0.25) is 0 Å². The summed E-state index contributed by atoms with van der Waals surface area (Å²) >= 11 is 0. The van der Waals surface area contributed by atoms with Crippen molar-refractivity contribution in [2.75, 3.05) is 6.61 Å². The summed E-state index contributed by atoms with van der Waals surface area (Å²) in [6.45, 7) is 2.59. The number of ether oxygens (including phenoxy) is 1. The Balaban J connectivity index is 2.00. The summed E-state index contributed by atoms with van der Waals surface area (Å²) < 4.78 is 11.1. The average molecular weight is 237 g/mol. The Labute approximate surface area is 98.8 Å². The van der Waals surface area contributed by atoms with Gasteiger partial charge in [0.1, 0.15) is 5.60 Å². The number of hydrogen-bond donors (Lipinski definition) is 1. The third-order valence-corrected chi connectivity index (χ3v) is 3.48. The standard InChI is InChI=1S/C12H15NO4/c1-12(5-2-6-16-12)11-13-8(7-3-4-7)9(17-11)10(14)15/h7H,2-6H2,1H3,(H,14,15). The van der Waals surface area contributed by atoms with Crippen molar-refractivity contribution < 1.29 is 19.1 Å². The van der Waals surface area contributed by atoms with Gasteiger partial charge in [0.25, 0.3) is 0 Å². The topological polar surface area (TPSA) is 72.6 Å². The van der Waals surface area contributed by atoms with Gasteiger partial charge in [-0.1, -0.05) is 0 Å². The quantitative estimate of drug-likeness (QED) is 0.873. The van der Waals surface area contributed by atoms with Gasteiger partial charge in [-0.25, -0.2) is 9.78 Å². The van der Waals surface area contributed by atoms with Crippen molar-refractivity contribution in [1.82, 2.24) is 4.98 Å². The number of aromatic carboxylic acids is 1. The molecule has 1 unspecified atom stereocenters. The summed E-state index contributed by atoms with van der Waals surface area (Å²) in [7, 11) is 0. The normalized spacial score (nSPS) is 28.5. The van der Waals surface area contributed by atoms with Crippen LogP contribution < -0.4 is 0 Å². The lowest BCUT2D eigenvalue weighted by molar-refractivity contribution is -0.00630. The highest BCUT2D eigenvalue weighted by Gasteiger charge is 2.41. The molecule has 5 nitrogen and oxygen atoms in total. The fourth-order valence-corrected chi connectivity index (χ4v) is 2.29. The van der Waals surface area contributed by atoms with E-state index in [9.17, 15) is 4.79 Å². The van der Waals surface area contributed by atoms with Crippen molar-refractivity contribution in [3.8, 4) is 0 Å². The van der Waals surface area contributed by atoms with Gasteiger partial charge >= 0.3 is 5.97 Å². The molecule has 0 aromatic carbocycles. The molecule has 1 aliphatic heterocycles. The average Bonchev–Trinajstić information content (AvgIpc) is 2.87. The molecule has 5 heteroatoms. The highest BCUT2D eigenvalue weighted by molar-refractivity contribution is 5.86. The van der Waals surface area contributed by atoms with E-state index in [0.29, 0.717) is 18.2 Å². The molecule has 1 atom stereocenters. The van der Waals surface area contributed by atoms with Crippen molar-refractivity contribution in [3.63, 3.8) is 0 Å². The molecule has 17 heavy (non-hydrogen) atoms. The van der Waals surface area contributed by atoms with E-state index in [-0.39, 0.29) is 11.7 Å². The fourth-order valence-electron chi connectivity index (χ4n) is 2.29. The molecule has 1 aromatic heterocycles. The van der Waals surface area contributed by atoms with Crippen LogP contribution in [0.3, 0.4) is 0 Å². The van der Waals surface area contributed by atoms with Crippen molar-refractivity contribution in [1.29, 1.82) is 0 Å². The summed E-state index contributed by atoms with van der Waals surface area (Å²) in [5, 5.41) is 9.11. The van der Waals surface area contributed by atoms with Crippen LogP contribution in [0.15, 0.2) is 4.42 Å². The third kappa shape index (κ3) is 1.74. The molecule has 2 aliphatic rings. The first-order valence-corrected chi connectivity index (χ1v) is 5.98. The molecule has 2 fully saturated rings. The predicted octanol–water partition coefficient (Wildman–Crippen LogP) is 2.28. The van der Waals surface area contributed by atoms with E-state index in [2.05, 4.69) is 4.98 Å². The molecule has 0 bridgehead atoms. The fraction of sp³-hybridized carbons (Fsp3) is 0.667. The lowest BCUT2D eigenvalue weighted by Gasteiger charge is -2.18. The van der Waals surface area contributed by atoms with E-state index in [1.807, 2.05) is 6.92 Å². The maximum absolute atomic E-state index is 11.1. The van der Waals surface area contributed by atoms with Gasteiger partial charge < -0.3 is 14.3 Å². The first-order valence-electron chi connectivity index (χ1n) is 5.98. The maximum Gasteiger partial charge on any atom is 0.373 e. The smallest absolute Gasteiger partial charge is 0.373 e. The van der Waals surface area contributed by atoms with Gasteiger partial charge in [-0.3, -0.25) is 0 Å².